The summed E-state index contributed by atoms with van der Waals surface area (Å²) >= 11 is 6.40. The minimum absolute atomic E-state index is 0.0350. The topological polar surface area (TPSA) is 166 Å². The number of alkyl halides is 3. The van der Waals surface area contributed by atoms with Crippen LogP contribution in [0.2, 0.25) is 5.02 Å². The summed E-state index contributed by atoms with van der Waals surface area (Å²) in [5, 5.41) is 7.58. The van der Waals surface area contributed by atoms with Gasteiger partial charge in [-0.2, -0.15) is 13.2 Å². The first-order valence-electron chi connectivity index (χ1n) is 26.1. The van der Waals surface area contributed by atoms with Crippen LogP contribution in [0.25, 0.3) is 10.9 Å². The Morgan fingerprint density at radius 1 is 0.890 bits per heavy atom. The number of halogens is 4. The van der Waals surface area contributed by atoms with Crippen molar-refractivity contribution in [1.29, 1.82) is 0 Å². The molecule has 4 fully saturated rings. The molecular formula is C55H71ClF3N9O5. The molecule has 18 heteroatoms. The Morgan fingerprint density at radius 2 is 1.59 bits per heavy atom. The molecule has 0 radical (unpaired) electrons. The van der Waals surface area contributed by atoms with Crippen molar-refractivity contribution in [1.82, 2.24) is 24.7 Å². The molecule has 394 valence electrons. The summed E-state index contributed by atoms with van der Waals surface area (Å²) in [7, 11) is 1.65. The van der Waals surface area contributed by atoms with E-state index in [1.54, 1.807) is 38.3 Å². The molecule has 8 rings (SSSR count). The molecule has 0 bridgehead atoms. The number of benzene rings is 3. The van der Waals surface area contributed by atoms with E-state index in [9.17, 15) is 32.3 Å². The Hall–Kier alpha value is -5.68. The molecule has 2 aliphatic carbocycles. The molecule has 2 aliphatic heterocycles. The van der Waals surface area contributed by atoms with Gasteiger partial charge in [0.2, 0.25) is 5.91 Å². The molecule has 4 aromatic rings. The smallest absolute Gasteiger partial charge is 0.416 e. The Kier molecular flexibility index (Phi) is 16.8. The third kappa shape index (κ3) is 12.6. The average molecular weight is 1030 g/mol. The molecule has 14 nitrogen and oxygen atoms in total. The highest BCUT2D eigenvalue weighted by Gasteiger charge is 2.40. The van der Waals surface area contributed by atoms with Gasteiger partial charge >= 0.3 is 12.2 Å². The van der Waals surface area contributed by atoms with Gasteiger partial charge in [-0.25, -0.2) is 14.8 Å². The minimum Gasteiger partial charge on any atom is -0.496 e. The van der Waals surface area contributed by atoms with E-state index in [1.807, 2.05) is 31.7 Å². The van der Waals surface area contributed by atoms with Gasteiger partial charge in [0.25, 0.3) is 5.91 Å². The number of anilines is 3. The Balaban J connectivity index is 0.809. The zero-order chi connectivity index (χ0) is 52.2. The van der Waals surface area contributed by atoms with Crippen molar-refractivity contribution in [3.63, 3.8) is 0 Å². The maximum atomic E-state index is 14.0. The molecule has 2 saturated heterocycles. The highest BCUT2D eigenvalue weighted by Crippen LogP contribution is 2.47. The van der Waals surface area contributed by atoms with Crippen LogP contribution in [0, 0.1) is 24.2 Å². The van der Waals surface area contributed by atoms with Crippen LogP contribution >= 0.6 is 11.6 Å². The van der Waals surface area contributed by atoms with E-state index in [0.29, 0.717) is 65.0 Å². The number of urea groups is 1. The van der Waals surface area contributed by atoms with Gasteiger partial charge in [-0.1, -0.05) is 11.6 Å². The number of nitrogens with two attached hydrogens (primary N) is 1. The van der Waals surface area contributed by atoms with E-state index in [0.717, 1.165) is 120 Å². The van der Waals surface area contributed by atoms with E-state index in [-0.39, 0.29) is 53.1 Å². The van der Waals surface area contributed by atoms with Gasteiger partial charge in [-0.05, 0) is 163 Å². The van der Waals surface area contributed by atoms with Gasteiger partial charge in [0.15, 0.2) is 0 Å². The fraction of sp³-hybridized carbons (Fsp3) is 0.564. The zero-order valence-corrected chi connectivity index (χ0v) is 43.6. The number of rotatable bonds is 15. The lowest BCUT2D eigenvalue weighted by molar-refractivity contribution is -0.139. The molecule has 0 unspecified atom stereocenters. The molecular weight excluding hydrogens is 959 g/mol. The molecule has 4 aliphatic rings. The van der Waals surface area contributed by atoms with Gasteiger partial charge < -0.3 is 35.7 Å². The highest BCUT2D eigenvalue weighted by atomic mass is 35.5. The number of nitrogens with one attached hydrogen (secondary N) is 2. The predicted molar refractivity (Wildman–Crippen MR) is 279 cm³/mol. The Morgan fingerprint density at radius 3 is 2.22 bits per heavy atom. The van der Waals surface area contributed by atoms with Crippen molar-refractivity contribution >= 4 is 63.8 Å². The number of hydrogen-bond donors (Lipinski definition) is 3. The van der Waals surface area contributed by atoms with Gasteiger partial charge in [0.05, 0.1) is 34.9 Å². The summed E-state index contributed by atoms with van der Waals surface area (Å²) < 4.78 is 47.9. The number of fused-ring (bicyclic) bond motifs is 1. The average Bonchev–Trinajstić information content (AvgIpc) is 3.36. The molecule has 1 aromatic heterocycles. The number of methoxy groups -OCH3 is 1. The number of nitrogens with zero attached hydrogens (tertiary/aromatic N) is 6. The summed E-state index contributed by atoms with van der Waals surface area (Å²) in [6.45, 7) is 13.1. The molecule has 3 heterocycles. The fourth-order valence-electron chi connectivity index (χ4n) is 11.8. The largest absolute Gasteiger partial charge is 0.496 e. The molecule has 2 saturated carbocycles. The monoisotopic (exact) mass is 1030 g/mol. The number of carbonyl (C=O) groups excluding carboxylic acids is 4. The van der Waals surface area contributed by atoms with E-state index >= 15 is 0 Å². The number of carbonyl (C=O) groups is 4. The van der Waals surface area contributed by atoms with Gasteiger partial charge in [0.1, 0.15) is 23.7 Å². The van der Waals surface area contributed by atoms with Crippen LogP contribution in [-0.2, 0) is 15.8 Å². The highest BCUT2D eigenvalue weighted by molar-refractivity contribution is 6.34. The maximum Gasteiger partial charge on any atom is 0.416 e. The van der Waals surface area contributed by atoms with Crippen LogP contribution in [0.4, 0.5) is 35.2 Å². The lowest BCUT2D eigenvalue weighted by Crippen LogP contribution is -2.52. The Bertz CT molecular complexity index is 2640. The number of hydrogen-bond acceptors (Lipinski definition) is 10. The first-order chi connectivity index (χ1) is 34.8. The predicted octanol–water partition coefficient (Wildman–Crippen LogP) is 10.6. The van der Waals surface area contributed by atoms with Crippen molar-refractivity contribution in [2.45, 2.75) is 123 Å². The van der Waals surface area contributed by atoms with Crippen molar-refractivity contribution in [2.24, 2.45) is 23.0 Å². The van der Waals surface area contributed by atoms with Crippen LogP contribution in [0.3, 0.4) is 0 Å². The van der Waals surface area contributed by atoms with Crippen molar-refractivity contribution in [2.75, 3.05) is 75.0 Å². The maximum absolute atomic E-state index is 14.0. The van der Waals surface area contributed by atoms with E-state index in [2.05, 4.69) is 26.5 Å². The van der Waals surface area contributed by atoms with Gasteiger partial charge in [-0.3, -0.25) is 19.4 Å². The summed E-state index contributed by atoms with van der Waals surface area (Å²) in [5.74, 6) is 2.64. The fourth-order valence-corrected chi connectivity index (χ4v) is 12.0. The second kappa shape index (κ2) is 22.8. The van der Waals surface area contributed by atoms with Gasteiger partial charge in [-0.15, -0.1) is 0 Å². The SMILES string of the molecule is COc1cc2nc(C)nc(N[C@H](C)c3cc(NC(C)C)cc(C(F)(F)F)c3)c2cc1C1CCC(C(=O)N2CCN(CC3CCC4(CC3)CCN(C(=O)c3ccc(Cl)c(N(CCC=O)C(N)=O)c3)CC4)CC2)CC1. The third-order valence-electron chi connectivity index (χ3n) is 16.0. The molecule has 4 amide bonds. The van der Waals surface area contributed by atoms with Crippen LogP contribution in [0.15, 0.2) is 48.5 Å². The van der Waals surface area contributed by atoms with Crippen LogP contribution in [0.5, 0.6) is 5.75 Å². The number of aryl methyl sites for hydroxylation is 1. The lowest BCUT2D eigenvalue weighted by Gasteiger charge is -2.47. The van der Waals surface area contributed by atoms with Gasteiger partial charge in [0, 0.05) is 93.4 Å². The third-order valence-corrected chi connectivity index (χ3v) is 16.3. The van der Waals surface area contributed by atoms with E-state index in [1.165, 1.54) is 11.0 Å². The molecule has 4 N–H and O–H groups in total. The minimum atomic E-state index is -4.50. The quantitative estimate of drug-likeness (QED) is 0.0976. The molecule has 1 atom stereocenters. The van der Waals surface area contributed by atoms with Crippen LogP contribution < -0.4 is 26.0 Å². The normalized spacial score (nSPS) is 20.2. The number of amides is 4. The number of aromatic nitrogens is 2. The van der Waals surface area contributed by atoms with Crippen LogP contribution in [-0.4, -0.2) is 114 Å². The summed E-state index contributed by atoms with van der Waals surface area (Å²) in [5.41, 5.74) is 8.43. The summed E-state index contributed by atoms with van der Waals surface area (Å²) in [6, 6.07) is 11.6. The number of aldehydes is 1. The number of piperazine rings is 1. The first-order valence-corrected chi connectivity index (χ1v) is 26.4. The molecule has 73 heavy (non-hydrogen) atoms. The molecule has 1 spiro atoms. The summed E-state index contributed by atoms with van der Waals surface area (Å²) in [6.07, 6.45) is 6.01. The number of primary amides is 1. The van der Waals surface area contributed by atoms with E-state index < -0.39 is 23.8 Å². The van der Waals surface area contributed by atoms with Crippen molar-refractivity contribution in [3.05, 3.63) is 81.6 Å². The van der Waals surface area contributed by atoms with E-state index in [4.69, 9.17) is 32.0 Å². The number of ether oxygens (including phenoxy) is 1. The first kappa shape index (κ1) is 53.6. The van der Waals surface area contributed by atoms with Crippen LogP contribution in [0.1, 0.15) is 136 Å². The Labute approximate surface area is 431 Å². The van der Waals surface area contributed by atoms with Crippen molar-refractivity contribution in [3.8, 4) is 5.75 Å². The number of piperidine rings is 1. The second-order valence-corrected chi connectivity index (χ2v) is 21.7. The lowest BCUT2D eigenvalue weighted by atomic mass is 9.65. The zero-order valence-electron chi connectivity index (χ0n) is 42.8. The van der Waals surface area contributed by atoms with Crippen molar-refractivity contribution < 1.29 is 37.1 Å². The standard InChI is InChI=1S/C55H71ClF3N9O5/c1-34(2)61-43-28-41(27-42(30-43)55(57,58)59)35(3)62-50-45-31-44(49(73-5)32-47(45)63-36(4)64-50)38-7-9-39(10-8-38)51(70)67-24-22-65(23-25-67)33-37-13-15-54(16-14-37)17-20-66(21-18-54)52(71)40-11-12-46(56)48(29-40)68(53(60)72)19-6-26-69/h11-12,26-32,34-35,37-39,61H,6-10,13-25,33H2,1-5H3,(H2,60,72)(H,62,63,64)/t35-,38?,39?/m1/s1. The molecule has 3 aromatic carbocycles. The summed E-state index contributed by atoms with van der Waals surface area (Å²) in [4.78, 5) is 68.0. The second-order valence-electron chi connectivity index (χ2n) is 21.3. The number of likely N-dealkylation sites (tertiary alicyclic amines) is 1.